The summed E-state index contributed by atoms with van der Waals surface area (Å²) < 4.78 is 24.3. The fourth-order valence-corrected chi connectivity index (χ4v) is 3.06. The largest absolute Gasteiger partial charge is 0.292 e. The summed E-state index contributed by atoms with van der Waals surface area (Å²) in [6, 6.07) is 1.59. The zero-order valence-electron chi connectivity index (χ0n) is 5.90. The van der Waals surface area contributed by atoms with Crippen LogP contribution in [-0.4, -0.2) is 20.0 Å². The number of thiophene rings is 1. The van der Waals surface area contributed by atoms with Gasteiger partial charge >= 0.3 is 0 Å². The molecular weight excluding hydrogens is 198 g/mol. The maximum atomic E-state index is 11.2. The van der Waals surface area contributed by atoms with Gasteiger partial charge in [0.15, 0.2) is 5.78 Å². The van der Waals surface area contributed by atoms with E-state index in [1.54, 1.807) is 11.4 Å². The third-order valence-electron chi connectivity index (χ3n) is 1.51. The molecule has 12 heavy (non-hydrogen) atoms. The van der Waals surface area contributed by atoms with E-state index in [0.29, 0.717) is 10.6 Å². The highest BCUT2D eigenvalue weighted by Crippen LogP contribution is 2.27. The molecule has 1 N–H and O–H groups in total. The summed E-state index contributed by atoms with van der Waals surface area (Å²) in [5.41, 5.74) is 0.413. The Morgan fingerprint density at radius 1 is 1.50 bits per heavy atom. The molecule has 0 radical (unpaired) electrons. The van der Waals surface area contributed by atoms with Crippen LogP contribution in [0.2, 0.25) is 0 Å². The molecule has 0 atom stereocenters. The van der Waals surface area contributed by atoms with E-state index in [1.807, 2.05) is 0 Å². The third kappa shape index (κ3) is 1.12. The average Bonchev–Trinajstić information content (AvgIpc) is 2.31. The molecule has 1 aromatic heterocycles. The van der Waals surface area contributed by atoms with Crippen molar-refractivity contribution in [3.63, 3.8) is 0 Å². The number of sulfonamides is 1. The lowest BCUT2D eigenvalue weighted by Crippen LogP contribution is -2.27. The molecule has 0 saturated heterocycles. The smallest absolute Gasteiger partial charge is 0.240 e. The topological polar surface area (TPSA) is 63.2 Å². The van der Waals surface area contributed by atoms with Crippen molar-refractivity contribution in [2.75, 3.05) is 10.5 Å². The first-order chi connectivity index (χ1) is 5.58. The van der Waals surface area contributed by atoms with Crippen molar-refractivity contribution < 1.29 is 13.2 Å². The Morgan fingerprint density at radius 2 is 2.25 bits per heavy atom. The average molecular weight is 203 g/mol. The number of Topliss-reactive ketones (excluding diaryl/α,β-unsaturated/α-hetero) is 1. The Hall–Kier alpha value is -0.880. The monoisotopic (exact) mass is 203 g/mol. The number of hydrogen-bond acceptors (Lipinski definition) is 4. The standard InChI is InChI=1S/C6H5NO3S2/c8-5-3-12(9,10)7-4-1-2-11-6(4)5/h1-2,7H,3H2. The summed E-state index contributed by atoms with van der Waals surface area (Å²) in [6.45, 7) is 0. The summed E-state index contributed by atoms with van der Waals surface area (Å²) in [6.07, 6.45) is 0. The third-order valence-corrected chi connectivity index (χ3v) is 3.63. The van der Waals surface area contributed by atoms with Crippen molar-refractivity contribution in [1.29, 1.82) is 0 Å². The molecule has 2 heterocycles. The van der Waals surface area contributed by atoms with Crippen LogP contribution in [0.4, 0.5) is 5.69 Å². The molecule has 4 nitrogen and oxygen atoms in total. The number of rotatable bonds is 0. The fourth-order valence-electron chi connectivity index (χ4n) is 1.05. The zero-order chi connectivity index (χ0) is 8.77. The van der Waals surface area contributed by atoms with Gasteiger partial charge in [-0.1, -0.05) is 0 Å². The van der Waals surface area contributed by atoms with E-state index in [4.69, 9.17) is 0 Å². The van der Waals surface area contributed by atoms with E-state index >= 15 is 0 Å². The van der Waals surface area contributed by atoms with Crippen LogP contribution in [0.3, 0.4) is 0 Å². The summed E-state index contributed by atoms with van der Waals surface area (Å²) in [7, 11) is -3.41. The Bertz CT molecular complexity index is 431. The van der Waals surface area contributed by atoms with Gasteiger partial charge in [-0.15, -0.1) is 11.3 Å². The van der Waals surface area contributed by atoms with Crippen LogP contribution in [0.5, 0.6) is 0 Å². The number of hydrogen-bond donors (Lipinski definition) is 1. The molecule has 0 aliphatic carbocycles. The molecule has 0 unspecified atom stereocenters. The molecular formula is C6H5NO3S2. The van der Waals surface area contributed by atoms with E-state index in [9.17, 15) is 13.2 Å². The molecule has 1 aliphatic heterocycles. The van der Waals surface area contributed by atoms with Gasteiger partial charge in [-0.25, -0.2) is 8.42 Å². The maximum absolute atomic E-state index is 11.2. The molecule has 0 amide bonds. The van der Waals surface area contributed by atoms with Gasteiger partial charge in [0.2, 0.25) is 10.0 Å². The number of carbonyl (C=O) groups is 1. The van der Waals surface area contributed by atoms with Gasteiger partial charge in [0.25, 0.3) is 0 Å². The molecule has 0 aromatic carbocycles. The minimum atomic E-state index is -3.41. The Labute approximate surface area is 73.3 Å². The minimum absolute atomic E-state index is 0.321. The van der Waals surface area contributed by atoms with Gasteiger partial charge in [-0.05, 0) is 11.4 Å². The molecule has 1 aromatic rings. The predicted molar refractivity (Wildman–Crippen MR) is 46.1 cm³/mol. The molecule has 0 fully saturated rings. The van der Waals surface area contributed by atoms with Crippen LogP contribution < -0.4 is 4.72 Å². The van der Waals surface area contributed by atoms with Gasteiger partial charge in [-0.2, -0.15) is 0 Å². The van der Waals surface area contributed by atoms with E-state index in [1.165, 1.54) is 11.3 Å². The van der Waals surface area contributed by atoms with E-state index in [2.05, 4.69) is 4.72 Å². The highest BCUT2D eigenvalue weighted by Gasteiger charge is 2.27. The number of ketones is 1. The number of fused-ring (bicyclic) bond motifs is 1. The summed E-state index contributed by atoms with van der Waals surface area (Å²) in [5, 5.41) is 1.69. The summed E-state index contributed by atoms with van der Waals surface area (Å²) in [5.74, 6) is -0.751. The Balaban J connectivity index is 2.60. The summed E-state index contributed by atoms with van der Waals surface area (Å²) in [4.78, 5) is 11.7. The van der Waals surface area contributed by atoms with Gasteiger partial charge in [0, 0.05) is 0 Å². The zero-order valence-corrected chi connectivity index (χ0v) is 7.54. The maximum Gasteiger partial charge on any atom is 0.240 e. The fraction of sp³-hybridized carbons (Fsp3) is 0.167. The van der Waals surface area contributed by atoms with E-state index in [-0.39, 0.29) is 5.78 Å². The molecule has 0 bridgehead atoms. The van der Waals surface area contributed by atoms with Crippen molar-refractivity contribution >= 4 is 32.8 Å². The van der Waals surface area contributed by atoms with Gasteiger partial charge < -0.3 is 0 Å². The van der Waals surface area contributed by atoms with Crippen LogP contribution in [0.1, 0.15) is 9.67 Å². The van der Waals surface area contributed by atoms with Crippen molar-refractivity contribution in [2.24, 2.45) is 0 Å². The first-order valence-electron chi connectivity index (χ1n) is 3.20. The first kappa shape index (κ1) is 7.75. The van der Waals surface area contributed by atoms with Gasteiger partial charge in [0.1, 0.15) is 5.75 Å². The number of anilines is 1. The van der Waals surface area contributed by atoms with Crippen molar-refractivity contribution in [3.8, 4) is 0 Å². The van der Waals surface area contributed by atoms with Crippen molar-refractivity contribution in [1.82, 2.24) is 0 Å². The molecule has 0 saturated carbocycles. The lowest BCUT2D eigenvalue weighted by molar-refractivity contribution is 0.102. The minimum Gasteiger partial charge on any atom is -0.292 e. The van der Waals surface area contributed by atoms with Crippen molar-refractivity contribution in [3.05, 3.63) is 16.3 Å². The second-order valence-electron chi connectivity index (χ2n) is 2.45. The van der Waals surface area contributed by atoms with E-state index in [0.717, 1.165) is 0 Å². The SMILES string of the molecule is O=C1CS(=O)(=O)Nc2ccsc21. The molecule has 2 rings (SSSR count). The normalized spacial score (nSPS) is 19.8. The van der Waals surface area contributed by atoms with Crippen LogP contribution in [-0.2, 0) is 10.0 Å². The van der Waals surface area contributed by atoms with Crippen LogP contribution >= 0.6 is 11.3 Å². The molecule has 64 valence electrons. The number of carbonyl (C=O) groups excluding carboxylic acids is 1. The van der Waals surface area contributed by atoms with Crippen LogP contribution in [0, 0.1) is 0 Å². The van der Waals surface area contributed by atoms with E-state index < -0.39 is 15.8 Å². The predicted octanol–water partition coefficient (Wildman–Crippen LogP) is 0.686. The highest BCUT2D eigenvalue weighted by atomic mass is 32.2. The molecule has 6 heteroatoms. The van der Waals surface area contributed by atoms with Gasteiger partial charge in [0.05, 0.1) is 10.6 Å². The lowest BCUT2D eigenvalue weighted by Gasteiger charge is -2.12. The Kier molecular flexibility index (Phi) is 1.49. The second-order valence-corrected chi connectivity index (χ2v) is 5.09. The first-order valence-corrected chi connectivity index (χ1v) is 5.73. The number of nitrogens with one attached hydrogen (secondary N) is 1. The van der Waals surface area contributed by atoms with Crippen LogP contribution in [0.15, 0.2) is 11.4 Å². The quantitative estimate of drug-likeness (QED) is 0.674. The van der Waals surface area contributed by atoms with Gasteiger partial charge in [-0.3, -0.25) is 9.52 Å². The molecule has 1 aliphatic rings. The van der Waals surface area contributed by atoms with Crippen LogP contribution in [0.25, 0.3) is 0 Å². The van der Waals surface area contributed by atoms with Crippen molar-refractivity contribution in [2.45, 2.75) is 0 Å². The molecule has 0 spiro atoms. The highest BCUT2D eigenvalue weighted by molar-refractivity contribution is 7.93. The second kappa shape index (κ2) is 2.30. The lowest BCUT2D eigenvalue weighted by atomic mass is 10.3. The summed E-state index contributed by atoms with van der Waals surface area (Å²) >= 11 is 1.26. The Morgan fingerprint density at radius 3 is 3.00 bits per heavy atom.